The molecule has 0 bridgehead atoms. The van der Waals surface area contributed by atoms with Gasteiger partial charge in [-0.1, -0.05) is 6.92 Å². The lowest BCUT2D eigenvalue weighted by atomic mass is 10.1. The maximum atomic E-state index is 12.7. The van der Waals surface area contributed by atoms with Gasteiger partial charge in [0.25, 0.3) is 0 Å². The molecule has 1 nitrogen and oxygen atoms in total. The molecule has 1 aliphatic heterocycles. The summed E-state index contributed by atoms with van der Waals surface area (Å²) in [7, 11) is 0. The van der Waals surface area contributed by atoms with Gasteiger partial charge in [-0.15, -0.1) is 11.8 Å². The lowest BCUT2D eigenvalue weighted by molar-refractivity contribution is -0.137. The number of carbonyl (C=O) groups is 1. The summed E-state index contributed by atoms with van der Waals surface area (Å²) in [5.74, 6) is 1.38. The van der Waals surface area contributed by atoms with Crippen LogP contribution in [0.2, 0.25) is 0 Å². The predicted octanol–water partition coefficient (Wildman–Crippen LogP) is 4.19. The number of alkyl halides is 3. The van der Waals surface area contributed by atoms with Crippen LogP contribution in [0.5, 0.6) is 0 Å². The van der Waals surface area contributed by atoms with Gasteiger partial charge in [-0.25, -0.2) is 0 Å². The van der Waals surface area contributed by atoms with E-state index in [0.717, 1.165) is 28.2 Å². The van der Waals surface area contributed by atoms with Gasteiger partial charge < -0.3 is 0 Å². The summed E-state index contributed by atoms with van der Waals surface area (Å²) in [5, 5.41) is 2.03. The van der Waals surface area contributed by atoms with E-state index in [1.54, 1.807) is 11.8 Å². The molecule has 0 N–H and O–H groups in total. The number of thioether (sulfide) groups is 2. The highest BCUT2D eigenvalue weighted by molar-refractivity contribution is 8.07. The Morgan fingerprint density at radius 3 is 2.56 bits per heavy atom. The molecule has 2 atom stereocenters. The van der Waals surface area contributed by atoms with E-state index >= 15 is 0 Å². The fraction of sp³-hybridized carbons (Fsp3) is 0.545. The Kier molecular flexibility index (Phi) is 4.33. The van der Waals surface area contributed by atoms with Crippen molar-refractivity contribution < 1.29 is 18.0 Å². The van der Waals surface area contributed by atoms with Gasteiger partial charge >= 0.3 is 6.18 Å². The van der Waals surface area contributed by atoms with Crippen molar-refractivity contribution in [2.75, 3.05) is 11.5 Å². The summed E-state index contributed by atoms with van der Waals surface area (Å²) in [6.07, 6.45) is -4.44. The molecule has 18 heavy (non-hydrogen) atoms. The maximum absolute atomic E-state index is 12.7. The first kappa shape index (κ1) is 14.3. The van der Waals surface area contributed by atoms with Gasteiger partial charge in [0, 0.05) is 33.1 Å². The van der Waals surface area contributed by atoms with Crippen molar-refractivity contribution in [3.63, 3.8) is 0 Å². The summed E-state index contributed by atoms with van der Waals surface area (Å²) in [6.45, 7) is 1.90. The number of Topliss-reactive ketones (excluding diaryl/α,β-unsaturated/α-hetero) is 1. The minimum atomic E-state index is -4.44. The van der Waals surface area contributed by atoms with Crippen molar-refractivity contribution in [3.8, 4) is 0 Å². The number of ketones is 1. The SMILES string of the molecule is CC1SCCSC1C(=O)c1cscc1C(F)(F)F. The first-order chi connectivity index (χ1) is 8.41. The molecule has 1 aromatic rings. The molecular formula is C11H11F3OS3. The Labute approximate surface area is 116 Å². The molecule has 0 radical (unpaired) electrons. The van der Waals surface area contributed by atoms with Crippen LogP contribution in [0.15, 0.2) is 10.8 Å². The zero-order valence-electron chi connectivity index (χ0n) is 9.49. The van der Waals surface area contributed by atoms with E-state index in [4.69, 9.17) is 0 Å². The first-order valence-corrected chi connectivity index (χ1v) is 8.36. The van der Waals surface area contributed by atoms with Gasteiger partial charge in [-0.05, 0) is 0 Å². The molecule has 2 rings (SSSR count). The maximum Gasteiger partial charge on any atom is 0.417 e. The largest absolute Gasteiger partial charge is 0.417 e. The lowest BCUT2D eigenvalue weighted by Gasteiger charge is -2.26. The van der Waals surface area contributed by atoms with Gasteiger partial charge in [0.05, 0.1) is 10.8 Å². The van der Waals surface area contributed by atoms with Crippen LogP contribution < -0.4 is 0 Å². The predicted molar refractivity (Wildman–Crippen MR) is 71.8 cm³/mol. The fourth-order valence-corrected chi connectivity index (χ4v) is 5.34. The Morgan fingerprint density at radius 1 is 1.28 bits per heavy atom. The van der Waals surface area contributed by atoms with Gasteiger partial charge in [0.15, 0.2) is 5.78 Å². The van der Waals surface area contributed by atoms with E-state index in [-0.39, 0.29) is 21.8 Å². The molecule has 7 heteroatoms. The van der Waals surface area contributed by atoms with Crippen molar-refractivity contribution in [2.24, 2.45) is 0 Å². The Morgan fingerprint density at radius 2 is 1.94 bits per heavy atom. The van der Waals surface area contributed by atoms with E-state index in [1.807, 2.05) is 6.92 Å². The number of carbonyl (C=O) groups excluding carboxylic acids is 1. The highest BCUT2D eigenvalue weighted by Gasteiger charge is 2.39. The van der Waals surface area contributed by atoms with E-state index in [0.29, 0.717) is 0 Å². The third-order valence-electron chi connectivity index (χ3n) is 2.68. The average molecular weight is 312 g/mol. The van der Waals surface area contributed by atoms with Gasteiger partial charge in [-0.3, -0.25) is 4.79 Å². The van der Waals surface area contributed by atoms with E-state index < -0.39 is 11.7 Å². The Balaban J connectivity index is 2.26. The van der Waals surface area contributed by atoms with Crippen LogP contribution in [-0.4, -0.2) is 27.8 Å². The van der Waals surface area contributed by atoms with Crippen LogP contribution in [0.1, 0.15) is 22.8 Å². The summed E-state index contributed by atoms with van der Waals surface area (Å²) in [5.41, 5.74) is -0.958. The lowest BCUT2D eigenvalue weighted by Crippen LogP contribution is -2.32. The topological polar surface area (TPSA) is 17.1 Å². The zero-order valence-corrected chi connectivity index (χ0v) is 11.9. The van der Waals surface area contributed by atoms with E-state index in [2.05, 4.69) is 0 Å². The second-order valence-electron chi connectivity index (χ2n) is 3.93. The van der Waals surface area contributed by atoms with Crippen LogP contribution >= 0.6 is 34.9 Å². The van der Waals surface area contributed by atoms with Crippen LogP contribution in [0.4, 0.5) is 13.2 Å². The number of hydrogen-bond acceptors (Lipinski definition) is 4. The highest BCUT2D eigenvalue weighted by Crippen LogP contribution is 2.38. The molecular weight excluding hydrogens is 301 g/mol. The molecule has 1 saturated heterocycles. The molecule has 2 heterocycles. The van der Waals surface area contributed by atoms with Crippen molar-refractivity contribution in [1.29, 1.82) is 0 Å². The standard InChI is InChI=1S/C11H11F3OS3/c1-6-10(18-3-2-17-6)9(15)7-4-16-5-8(7)11(12,13)14/h4-6,10H,2-3H2,1H3. The minimum Gasteiger partial charge on any atom is -0.293 e. The molecule has 0 amide bonds. The summed E-state index contributed by atoms with van der Waals surface area (Å²) >= 11 is 4.04. The molecule has 0 spiro atoms. The number of halogens is 3. The summed E-state index contributed by atoms with van der Waals surface area (Å²) < 4.78 is 38.2. The summed E-state index contributed by atoms with van der Waals surface area (Å²) in [4.78, 5) is 12.2. The second kappa shape index (κ2) is 5.46. The molecule has 1 fully saturated rings. The number of thiophene rings is 1. The zero-order chi connectivity index (χ0) is 13.3. The van der Waals surface area contributed by atoms with Crippen molar-refractivity contribution in [1.82, 2.24) is 0 Å². The Bertz CT molecular complexity index is 441. The van der Waals surface area contributed by atoms with Gasteiger partial charge in [0.2, 0.25) is 0 Å². The van der Waals surface area contributed by atoms with Crippen LogP contribution in [0, 0.1) is 0 Å². The van der Waals surface area contributed by atoms with Gasteiger partial charge in [0.1, 0.15) is 0 Å². The van der Waals surface area contributed by atoms with Crippen LogP contribution in [0.3, 0.4) is 0 Å². The quantitative estimate of drug-likeness (QED) is 0.762. The third-order valence-corrected chi connectivity index (χ3v) is 6.51. The Hall–Kier alpha value is -0.140. The molecule has 2 unspecified atom stereocenters. The summed E-state index contributed by atoms with van der Waals surface area (Å²) in [6, 6.07) is 0. The van der Waals surface area contributed by atoms with E-state index in [9.17, 15) is 18.0 Å². The number of hydrogen-bond donors (Lipinski definition) is 0. The molecule has 1 aromatic heterocycles. The first-order valence-electron chi connectivity index (χ1n) is 5.32. The minimum absolute atomic E-state index is 0.0669. The highest BCUT2D eigenvalue weighted by atomic mass is 32.2. The van der Waals surface area contributed by atoms with Crippen molar-refractivity contribution in [2.45, 2.75) is 23.6 Å². The number of rotatable bonds is 2. The van der Waals surface area contributed by atoms with Crippen LogP contribution in [0.25, 0.3) is 0 Å². The average Bonchev–Trinajstić information content (AvgIpc) is 2.77. The smallest absolute Gasteiger partial charge is 0.293 e. The molecule has 100 valence electrons. The second-order valence-corrected chi connectivity index (χ2v) is 7.41. The van der Waals surface area contributed by atoms with Crippen molar-refractivity contribution in [3.05, 3.63) is 21.9 Å². The molecule has 0 aliphatic carbocycles. The normalized spacial score (nSPS) is 25.1. The fourth-order valence-electron chi connectivity index (χ4n) is 1.78. The molecule has 1 aliphatic rings. The monoisotopic (exact) mass is 312 g/mol. The van der Waals surface area contributed by atoms with Gasteiger partial charge in [-0.2, -0.15) is 36.3 Å². The van der Waals surface area contributed by atoms with E-state index in [1.165, 1.54) is 17.1 Å². The van der Waals surface area contributed by atoms with Crippen molar-refractivity contribution >= 4 is 40.6 Å². The van der Waals surface area contributed by atoms with Crippen LogP contribution in [-0.2, 0) is 6.18 Å². The molecule has 0 aromatic carbocycles. The third kappa shape index (κ3) is 2.88. The molecule has 0 saturated carbocycles.